The van der Waals surface area contributed by atoms with Crippen LogP contribution in [0.1, 0.15) is 5.48 Å². The first-order valence-electron chi connectivity index (χ1n) is 23.3. The van der Waals surface area contributed by atoms with Gasteiger partial charge in [-0.15, -0.1) is 0 Å². The third-order valence-electron chi connectivity index (χ3n) is 12.4. The number of rotatable bonds is 7. The van der Waals surface area contributed by atoms with Crippen molar-refractivity contribution >= 4 is 82.9 Å². The quantitative estimate of drug-likeness (QED) is 0.161. The van der Waals surface area contributed by atoms with Crippen LogP contribution < -0.4 is 4.90 Å². The lowest BCUT2D eigenvalue weighted by molar-refractivity contribution is 0.668. The molecule has 0 aliphatic rings. The summed E-state index contributed by atoms with van der Waals surface area (Å²) in [7, 11) is 0. The van der Waals surface area contributed by atoms with Crippen LogP contribution in [0.25, 0.3) is 110 Å². The molecule has 0 fully saturated rings. The maximum absolute atomic E-state index is 9.81. The number of hydrogen-bond donors (Lipinski definition) is 0. The van der Waals surface area contributed by atoms with Gasteiger partial charge in [-0.05, 0) is 106 Å². The normalized spacial score (nSPS) is 12.6. The molecular weight excluding hydrogens is 783 g/mol. The Morgan fingerprint density at radius 3 is 1.28 bits per heavy atom. The maximum Gasteiger partial charge on any atom is 0.143 e. The first-order chi connectivity index (χ1) is 33.4. The Bertz CT molecular complexity index is 3960. The highest BCUT2D eigenvalue weighted by molar-refractivity contribution is 6.14. The molecule has 0 saturated heterocycles. The average Bonchev–Trinajstić information content (AvgIpc) is 4.09. The number of hydrogen-bond acceptors (Lipinski definition) is 4. The molecule has 0 aliphatic heterocycles. The molecule has 64 heavy (non-hydrogen) atoms. The molecule has 3 heterocycles. The maximum atomic E-state index is 9.81. The van der Waals surface area contributed by atoms with Crippen molar-refractivity contribution in [2.75, 3.05) is 4.90 Å². The van der Waals surface area contributed by atoms with Crippen LogP contribution in [-0.4, -0.2) is 0 Å². The molecule has 0 N–H and O–H groups in total. The van der Waals surface area contributed by atoms with E-state index >= 15 is 0 Å². The minimum absolute atomic E-state index is 0.131. The van der Waals surface area contributed by atoms with Gasteiger partial charge in [0.05, 0.1) is 5.48 Å². The first-order valence-corrected chi connectivity index (χ1v) is 21.3. The molecule has 0 amide bonds. The average molecular weight is 824 g/mol. The molecular formula is C60H37NO3. The van der Waals surface area contributed by atoms with Gasteiger partial charge in [0, 0.05) is 54.9 Å². The first kappa shape index (κ1) is 32.2. The van der Waals surface area contributed by atoms with Crippen molar-refractivity contribution in [3.8, 4) is 44.5 Å². The zero-order valence-electron chi connectivity index (χ0n) is 38.2. The largest absolute Gasteiger partial charge is 0.456 e. The van der Waals surface area contributed by atoms with Gasteiger partial charge in [0.25, 0.3) is 0 Å². The van der Waals surface area contributed by atoms with E-state index in [0.29, 0.717) is 22.5 Å². The van der Waals surface area contributed by atoms with E-state index in [1.807, 2.05) is 181 Å². The third-order valence-corrected chi connectivity index (χ3v) is 12.4. The van der Waals surface area contributed by atoms with Gasteiger partial charge >= 0.3 is 0 Å². The van der Waals surface area contributed by atoms with E-state index in [1.54, 1.807) is 0 Å². The second kappa shape index (κ2) is 14.5. The molecule has 10 aromatic carbocycles. The minimum atomic E-state index is -0.171. The van der Waals surface area contributed by atoms with Crippen LogP contribution in [0.3, 0.4) is 0 Å². The Morgan fingerprint density at radius 1 is 0.281 bits per heavy atom. The van der Waals surface area contributed by atoms with Gasteiger partial charge in [-0.25, -0.2) is 0 Å². The van der Waals surface area contributed by atoms with Gasteiger partial charge in [-0.1, -0.05) is 158 Å². The van der Waals surface area contributed by atoms with Crippen molar-refractivity contribution < 1.29 is 18.7 Å². The second-order valence-corrected chi connectivity index (χ2v) is 16.0. The highest BCUT2D eigenvalue weighted by atomic mass is 16.3. The molecule has 300 valence electrons. The molecule has 3 aromatic heterocycles. The van der Waals surface area contributed by atoms with Crippen LogP contribution in [-0.2, 0) is 0 Å². The van der Waals surface area contributed by atoms with Crippen molar-refractivity contribution in [2.45, 2.75) is 0 Å². The summed E-state index contributed by atoms with van der Waals surface area (Å²) in [4.78, 5) is 1.83. The molecule has 0 unspecified atom stereocenters. The predicted octanol–water partition coefficient (Wildman–Crippen LogP) is 17.5. The Balaban J connectivity index is 0.976. The van der Waals surface area contributed by atoms with Crippen LogP contribution >= 0.6 is 0 Å². The Kier molecular flexibility index (Phi) is 7.29. The number of benzene rings is 10. The lowest BCUT2D eigenvalue weighted by Gasteiger charge is -2.26. The molecule has 4 heteroatoms. The van der Waals surface area contributed by atoms with Crippen LogP contribution in [0.5, 0.6) is 0 Å². The summed E-state index contributed by atoms with van der Waals surface area (Å²) in [5, 5.41) is 6.06. The molecule has 0 spiro atoms. The summed E-state index contributed by atoms with van der Waals surface area (Å²) in [6.07, 6.45) is 0. The third kappa shape index (κ3) is 5.77. The van der Waals surface area contributed by atoms with Crippen LogP contribution in [0.15, 0.2) is 238 Å². The van der Waals surface area contributed by atoms with Crippen molar-refractivity contribution in [3.05, 3.63) is 224 Å². The van der Waals surface area contributed by atoms with E-state index in [0.717, 1.165) is 93.6 Å². The number of nitrogens with zero attached hydrogens (tertiary/aromatic N) is 1. The van der Waals surface area contributed by atoms with Gasteiger partial charge in [-0.3, -0.25) is 0 Å². The van der Waals surface area contributed by atoms with Crippen molar-refractivity contribution in [2.24, 2.45) is 0 Å². The van der Waals surface area contributed by atoms with Gasteiger partial charge in [-0.2, -0.15) is 0 Å². The van der Waals surface area contributed by atoms with Crippen LogP contribution in [0, 0.1) is 0 Å². The summed E-state index contributed by atoms with van der Waals surface area (Å²) in [6.45, 7) is 0. The van der Waals surface area contributed by atoms with Crippen molar-refractivity contribution in [1.82, 2.24) is 0 Å². The fourth-order valence-electron chi connectivity index (χ4n) is 9.47. The molecule has 4 nitrogen and oxygen atoms in total. The predicted molar refractivity (Wildman–Crippen MR) is 265 cm³/mol. The zero-order valence-corrected chi connectivity index (χ0v) is 34.2. The van der Waals surface area contributed by atoms with Gasteiger partial charge in [0.15, 0.2) is 0 Å². The monoisotopic (exact) mass is 823 g/mol. The lowest BCUT2D eigenvalue weighted by Crippen LogP contribution is -2.09. The smallest absolute Gasteiger partial charge is 0.143 e. The van der Waals surface area contributed by atoms with Crippen LogP contribution in [0.2, 0.25) is 0 Å². The van der Waals surface area contributed by atoms with Crippen molar-refractivity contribution in [3.63, 3.8) is 0 Å². The fourth-order valence-corrected chi connectivity index (χ4v) is 9.47. The van der Waals surface area contributed by atoms with Gasteiger partial charge < -0.3 is 18.2 Å². The zero-order chi connectivity index (χ0) is 45.6. The highest BCUT2D eigenvalue weighted by Gasteiger charge is 2.19. The minimum Gasteiger partial charge on any atom is -0.456 e. The number of fused-ring (bicyclic) bond motifs is 9. The Hall–Kier alpha value is -8.60. The summed E-state index contributed by atoms with van der Waals surface area (Å²) < 4.78 is 58.0. The highest BCUT2D eigenvalue weighted by Crippen LogP contribution is 2.44. The molecule has 0 atom stereocenters. The second-order valence-electron chi connectivity index (χ2n) is 16.0. The van der Waals surface area contributed by atoms with E-state index in [2.05, 4.69) is 24.3 Å². The molecule has 13 aromatic rings. The van der Waals surface area contributed by atoms with Gasteiger partial charge in [0.2, 0.25) is 0 Å². The molecule has 13 rings (SSSR count). The van der Waals surface area contributed by atoms with E-state index in [9.17, 15) is 5.48 Å². The molecule has 0 bridgehead atoms. The summed E-state index contributed by atoms with van der Waals surface area (Å²) >= 11 is 0. The summed E-state index contributed by atoms with van der Waals surface area (Å²) in [5.74, 6) is 0. The summed E-state index contributed by atoms with van der Waals surface area (Å²) in [5.41, 5.74) is 12.4. The fraction of sp³-hybridized carbons (Fsp3) is 0. The molecule has 0 saturated carbocycles. The Morgan fingerprint density at radius 2 is 0.703 bits per heavy atom. The molecule has 0 radical (unpaired) electrons. The van der Waals surface area contributed by atoms with Crippen molar-refractivity contribution in [1.29, 1.82) is 0 Å². The van der Waals surface area contributed by atoms with E-state index < -0.39 is 0 Å². The number of furan rings is 3. The number of anilines is 3. The van der Waals surface area contributed by atoms with E-state index in [1.165, 1.54) is 0 Å². The van der Waals surface area contributed by atoms with Crippen LogP contribution in [0.4, 0.5) is 17.1 Å². The number of para-hydroxylation sites is 4. The topological polar surface area (TPSA) is 42.7 Å². The molecule has 0 aliphatic carbocycles. The summed E-state index contributed by atoms with van der Waals surface area (Å²) in [6, 6.07) is 65.2. The van der Waals surface area contributed by atoms with E-state index in [-0.39, 0.29) is 35.4 Å². The van der Waals surface area contributed by atoms with Gasteiger partial charge in [0.1, 0.15) is 33.5 Å². The SMILES string of the molecule is [2H]c1c([2H])c(N(c2ccc(-c3cccc4oc5ccccc5c34)cc2)c2ccc(-c3cccc4oc5ccccc5c34)cc2)c([2H])c([2H])c1-c1ccccc1-c1cccc2c1oc1ccccc12. The van der Waals surface area contributed by atoms with E-state index in [4.69, 9.17) is 13.3 Å². The lowest BCUT2D eigenvalue weighted by atomic mass is 9.93. The standard InChI is InChI=1S/C60H37NO3/c1-2-13-47(49-19-9-20-50-48-14-3-6-21-53(48)64-60(49)50)44(12-1)38-26-32-41(33-27-38)61(42-34-28-39(29-35-42)45-17-10-24-56-58(45)51-15-4-7-22-54(51)62-56)43-36-30-40(31-37-43)46-18-11-25-57-59(46)52-16-5-8-23-55(52)63-57/h1-37H/i26D,27D,32D,33D. The Labute approximate surface area is 374 Å².